The highest BCUT2D eigenvalue weighted by molar-refractivity contribution is 7.98. The van der Waals surface area contributed by atoms with Crippen molar-refractivity contribution < 1.29 is 4.74 Å². The molecule has 0 spiro atoms. The van der Waals surface area contributed by atoms with Crippen LogP contribution in [0.1, 0.15) is 6.42 Å². The zero-order valence-electron chi connectivity index (χ0n) is 14.9. The molecule has 1 N–H and O–H groups in total. The highest BCUT2D eigenvalue weighted by atomic mass is 32.2. The number of ether oxygens (including phenoxy) is 1. The van der Waals surface area contributed by atoms with Gasteiger partial charge in [0.25, 0.3) is 0 Å². The summed E-state index contributed by atoms with van der Waals surface area (Å²) >= 11 is 1.89. The van der Waals surface area contributed by atoms with Gasteiger partial charge in [-0.15, -0.1) is 0 Å². The van der Waals surface area contributed by atoms with E-state index in [-0.39, 0.29) is 0 Å². The molecule has 0 atom stereocenters. The maximum absolute atomic E-state index is 5.79. The standard InChI is InChI=1S/C18H30N4OS/c1-19-18(20-9-6-16-24-2)22-12-10-21(11-13-22)14-15-23-17-7-4-3-5-8-17/h3-5,7-8H,6,9-16H2,1-2H3,(H,19,20). The average molecular weight is 351 g/mol. The first-order valence-electron chi connectivity index (χ1n) is 8.68. The minimum atomic E-state index is 0.742. The van der Waals surface area contributed by atoms with Gasteiger partial charge in [0.15, 0.2) is 5.96 Å². The second kappa shape index (κ2) is 11.2. The van der Waals surface area contributed by atoms with Crippen LogP contribution >= 0.6 is 11.8 Å². The summed E-state index contributed by atoms with van der Waals surface area (Å²) in [4.78, 5) is 9.23. The van der Waals surface area contributed by atoms with Crippen LogP contribution in [0.3, 0.4) is 0 Å². The third kappa shape index (κ3) is 6.61. The topological polar surface area (TPSA) is 40.1 Å². The van der Waals surface area contributed by atoms with Crippen LogP contribution in [0.5, 0.6) is 5.75 Å². The molecule has 1 aromatic rings. The Bertz CT molecular complexity index is 475. The number of piperazine rings is 1. The van der Waals surface area contributed by atoms with Crippen LogP contribution in [0.25, 0.3) is 0 Å². The molecule has 1 aromatic carbocycles. The van der Waals surface area contributed by atoms with Gasteiger partial charge >= 0.3 is 0 Å². The summed E-state index contributed by atoms with van der Waals surface area (Å²) in [5.41, 5.74) is 0. The van der Waals surface area contributed by atoms with Gasteiger partial charge in [-0.25, -0.2) is 0 Å². The summed E-state index contributed by atoms with van der Waals surface area (Å²) in [6, 6.07) is 10.0. The Kier molecular flexibility index (Phi) is 8.84. The molecule has 134 valence electrons. The van der Waals surface area contributed by atoms with Crippen molar-refractivity contribution >= 4 is 17.7 Å². The van der Waals surface area contributed by atoms with Gasteiger partial charge in [-0.3, -0.25) is 9.89 Å². The number of benzene rings is 1. The van der Waals surface area contributed by atoms with Gasteiger partial charge in [-0.1, -0.05) is 18.2 Å². The molecule has 6 heteroatoms. The molecule has 0 radical (unpaired) electrons. The van der Waals surface area contributed by atoms with Crippen LogP contribution in [-0.4, -0.2) is 80.7 Å². The van der Waals surface area contributed by atoms with Crippen molar-refractivity contribution in [1.29, 1.82) is 0 Å². The van der Waals surface area contributed by atoms with Gasteiger partial charge < -0.3 is 15.0 Å². The molecule has 1 heterocycles. The predicted octanol–water partition coefficient (Wildman–Crippen LogP) is 2.01. The third-order valence-electron chi connectivity index (χ3n) is 4.11. The van der Waals surface area contributed by atoms with Gasteiger partial charge in [-0.2, -0.15) is 11.8 Å². The van der Waals surface area contributed by atoms with Crippen LogP contribution in [0, 0.1) is 0 Å². The molecule has 5 nitrogen and oxygen atoms in total. The van der Waals surface area contributed by atoms with Crippen molar-refractivity contribution in [3.05, 3.63) is 30.3 Å². The number of nitrogens with zero attached hydrogens (tertiary/aromatic N) is 3. The Morgan fingerprint density at radius 1 is 1.21 bits per heavy atom. The zero-order chi connectivity index (χ0) is 17.0. The largest absolute Gasteiger partial charge is 0.492 e. The van der Waals surface area contributed by atoms with Gasteiger partial charge in [0, 0.05) is 46.3 Å². The molecule has 1 aliphatic rings. The zero-order valence-corrected chi connectivity index (χ0v) is 15.7. The van der Waals surface area contributed by atoms with E-state index in [0.717, 1.165) is 57.6 Å². The minimum Gasteiger partial charge on any atom is -0.492 e. The number of hydrogen-bond donors (Lipinski definition) is 1. The summed E-state index contributed by atoms with van der Waals surface area (Å²) in [6.07, 6.45) is 3.33. The summed E-state index contributed by atoms with van der Waals surface area (Å²) in [5, 5.41) is 3.47. The van der Waals surface area contributed by atoms with E-state index in [2.05, 4.69) is 26.4 Å². The molecule has 0 amide bonds. The Morgan fingerprint density at radius 2 is 1.96 bits per heavy atom. The first kappa shape index (κ1) is 18.9. The summed E-state index contributed by atoms with van der Waals surface area (Å²) in [6.45, 7) is 6.88. The van der Waals surface area contributed by atoms with E-state index < -0.39 is 0 Å². The summed E-state index contributed by atoms with van der Waals surface area (Å²) in [7, 11) is 1.87. The van der Waals surface area contributed by atoms with E-state index >= 15 is 0 Å². The van der Waals surface area contributed by atoms with Crippen molar-refractivity contribution in [3.63, 3.8) is 0 Å². The van der Waals surface area contributed by atoms with Crippen LogP contribution < -0.4 is 10.1 Å². The van der Waals surface area contributed by atoms with Crippen molar-refractivity contribution in [1.82, 2.24) is 15.1 Å². The molecular formula is C18H30N4OS. The fraction of sp³-hybridized carbons (Fsp3) is 0.611. The number of aliphatic imine (C=N–C) groups is 1. The Morgan fingerprint density at radius 3 is 2.62 bits per heavy atom. The summed E-state index contributed by atoms with van der Waals surface area (Å²) < 4.78 is 5.79. The van der Waals surface area contributed by atoms with Crippen molar-refractivity contribution in [3.8, 4) is 5.75 Å². The Hall–Kier alpha value is -1.40. The molecule has 0 bridgehead atoms. The summed E-state index contributed by atoms with van der Waals surface area (Å²) in [5.74, 6) is 3.18. The first-order valence-corrected chi connectivity index (χ1v) is 10.1. The molecule has 0 unspecified atom stereocenters. The highest BCUT2D eigenvalue weighted by Crippen LogP contribution is 2.08. The smallest absolute Gasteiger partial charge is 0.193 e. The normalized spacial score (nSPS) is 16.2. The molecule has 1 aliphatic heterocycles. The fourth-order valence-electron chi connectivity index (χ4n) is 2.74. The molecular weight excluding hydrogens is 320 g/mol. The van der Waals surface area contributed by atoms with E-state index in [4.69, 9.17) is 4.74 Å². The lowest BCUT2D eigenvalue weighted by molar-refractivity contribution is 0.152. The lowest BCUT2D eigenvalue weighted by Gasteiger charge is -2.36. The van der Waals surface area contributed by atoms with E-state index in [9.17, 15) is 0 Å². The SMILES string of the molecule is CN=C(NCCCSC)N1CCN(CCOc2ccccc2)CC1. The van der Waals surface area contributed by atoms with E-state index in [0.29, 0.717) is 0 Å². The number of rotatable bonds is 8. The monoisotopic (exact) mass is 350 g/mol. The molecule has 1 fully saturated rings. The minimum absolute atomic E-state index is 0.742. The van der Waals surface area contributed by atoms with Crippen LogP contribution in [0.4, 0.5) is 0 Å². The number of nitrogens with one attached hydrogen (secondary N) is 1. The first-order chi connectivity index (χ1) is 11.8. The van der Waals surface area contributed by atoms with Gasteiger partial charge in [0.05, 0.1) is 0 Å². The molecule has 24 heavy (non-hydrogen) atoms. The number of hydrogen-bond acceptors (Lipinski definition) is 4. The quantitative estimate of drug-likeness (QED) is 0.441. The number of guanidine groups is 1. The van der Waals surface area contributed by atoms with Gasteiger partial charge in [0.2, 0.25) is 0 Å². The highest BCUT2D eigenvalue weighted by Gasteiger charge is 2.19. The van der Waals surface area contributed by atoms with Crippen LogP contribution in [-0.2, 0) is 0 Å². The van der Waals surface area contributed by atoms with Gasteiger partial charge in [0.1, 0.15) is 12.4 Å². The molecule has 2 rings (SSSR count). The lowest BCUT2D eigenvalue weighted by atomic mass is 10.3. The van der Waals surface area contributed by atoms with Gasteiger partial charge in [-0.05, 0) is 30.6 Å². The Balaban J connectivity index is 1.63. The maximum Gasteiger partial charge on any atom is 0.193 e. The maximum atomic E-state index is 5.79. The fourth-order valence-corrected chi connectivity index (χ4v) is 3.17. The number of thioether (sulfide) groups is 1. The van der Waals surface area contributed by atoms with E-state index in [1.807, 2.05) is 49.1 Å². The van der Waals surface area contributed by atoms with Crippen molar-refractivity contribution in [2.75, 3.05) is 64.9 Å². The van der Waals surface area contributed by atoms with Crippen LogP contribution in [0.2, 0.25) is 0 Å². The van der Waals surface area contributed by atoms with E-state index in [1.165, 1.54) is 12.2 Å². The third-order valence-corrected chi connectivity index (χ3v) is 4.81. The lowest BCUT2D eigenvalue weighted by Crippen LogP contribution is -2.53. The molecule has 1 saturated heterocycles. The Labute approximate surface area is 150 Å². The van der Waals surface area contributed by atoms with Crippen molar-refractivity contribution in [2.45, 2.75) is 6.42 Å². The van der Waals surface area contributed by atoms with Crippen LogP contribution in [0.15, 0.2) is 35.3 Å². The van der Waals surface area contributed by atoms with Crippen molar-refractivity contribution in [2.24, 2.45) is 4.99 Å². The second-order valence-corrected chi connectivity index (χ2v) is 6.80. The molecule has 0 saturated carbocycles. The second-order valence-electron chi connectivity index (χ2n) is 5.81. The predicted molar refractivity (Wildman–Crippen MR) is 104 cm³/mol. The van der Waals surface area contributed by atoms with E-state index in [1.54, 1.807) is 0 Å². The molecule has 0 aromatic heterocycles. The molecule has 0 aliphatic carbocycles. The average Bonchev–Trinajstić information content (AvgIpc) is 2.64. The number of para-hydroxylation sites is 1.